The molecule has 1 N–H and O–H groups in total. The van der Waals surface area contributed by atoms with E-state index in [4.69, 9.17) is 9.25 Å². The van der Waals surface area contributed by atoms with Crippen molar-refractivity contribution in [3.63, 3.8) is 0 Å². The standard InChI is InChI=1S/C15H14F2N2O3/c1-9-3-5-12(21-9)8-18-22-10(2)15(20)19-11-4-6-13(16)14(17)7-11/h3-8,10H,1-2H3,(H,19,20)/b18-8+. The SMILES string of the molecule is Cc1ccc(/C=N/OC(C)C(=O)Nc2ccc(F)c(F)c2)o1. The molecular weight excluding hydrogens is 294 g/mol. The number of aryl methyl sites for hydroxylation is 1. The predicted molar refractivity (Wildman–Crippen MR) is 76.6 cm³/mol. The van der Waals surface area contributed by atoms with Crippen LogP contribution < -0.4 is 5.32 Å². The highest BCUT2D eigenvalue weighted by molar-refractivity contribution is 5.93. The number of hydrogen-bond donors (Lipinski definition) is 1. The summed E-state index contributed by atoms with van der Waals surface area (Å²) in [5.41, 5.74) is 0.130. The molecule has 2 aromatic rings. The Morgan fingerprint density at radius 3 is 2.73 bits per heavy atom. The smallest absolute Gasteiger partial charge is 0.267 e. The molecule has 0 aliphatic heterocycles. The molecule has 1 unspecified atom stereocenters. The summed E-state index contributed by atoms with van der Waals surface area (Å²) in [5.74, 6) is -1.35. The van der Waals surface area contributed by atoms with Gasteiger partial charge in [-0.2, -0.15) is 0 Å². The van der Waals surface area contributed by atoms with E-state index in [1.165, 1.54) is 19.2 Å². The van der Waals surface area contributed by atoms with Crippen molar-refractivity contribution in [2.24, 2.45) is 5.16 Å². The van der Waals surface area contributed by atoms with Crippen molar-refractivity contribution in [2.75, 3.05) is 5.32 Å². The van der Waals surface area contributed by atoms with E-state index in [-0.39, 0.29) is 5.69 Å². The van der Waals surface area contributed by atoms with Crippen LogP contribution in [-0.2, 0) is 9.63 Å². The summed E-state index contributed by atoms with van der Waals surface area (Å²) in [7, 11) is 0. The van der Waals surface area contributed by atoms with Crippen LogP contribution in [0.15, 0.2) is 39.9 Å². The number of halogens is 2. The third kappa shape index (κ3) is 4.15. The summed E-state index contributed by atoms with van der Waals surface area (Å²) in [6, 6.07) is 6.52. The molecule has 0 bridgehead atoms. The second kappa shape index (κ2) is 6.84. The molecule has 116 valence electrons. The van der Waals surface area contributed by atoms with Gasteiger partial charge in [0.25, 0.3) is 5.91 Å². The Labute approximate surface area is 125 Å². The lowest BCUT2D eigenvalue weighted by molar-refractivity contribution is -0.126. The number of anilines is 1. The van der Waals surface area contributed by atoms with Crippen LogP contribution in [0.4, 0.5) is 14.5 Å². The first-order valence-electron chi connectivity index (χ1n) is 6.47. The van der Waals surface area contributed by atoms with Gasteiger partial charge in [-0.1, -0.05) is 5.16 Å². The van der Waals surface area contributed by atoms with Crippen molar-refractivity contribution >= 4 is 17.8 Å². The molecule has 1 aromatic carbocycles. The summed E-state index contributed by atoms with van der Waals surface area (Å²) in [6.07, 6.45) is 0.411. The van der Waals surface area contributed by atoms with Crippen LogP contribution in [-0.4, -0.2) is 18.2 Å². The van der Waals surface area contributed by atoms with E-state index < -0.39 is 23.6 Å². The number of nitrogens with one attached hydrogen (secondary N) is 1. The number of oxime groups is 1. The third-order valence-electron chi connectivity index (χ3n) is 2.72. The molecule has 0 saturated carbocycles. The fourth-order valence-electron chi connectivity index (χ4n) is 1.56. The number of carbonyl (C=O) groups is 1. The van der Waals surface area contributed by atoms with E-state index in [0.29, 0.717) is 5.76 Å². The fraction of sp³-hybridized carbons (Fsp3) is 0.200. The molecule has 0 spiro atoms. The minimum Gasteiger partial charge on any atom is -0.460 e. The highest BCUT2D eigenvalue weighted by Gasteiger charge is 2.15. The van der Waals surface area contributed by atoms with Gasteiger partial charge in [-0.3, -0.25) is 4.79 Å². The maximum atomic E-state index is 13.0. The van der Waals surface area contributed by atoms with Gasteiger partial charge in [-0.15, -0.1) is 0 Å². The van der Waals surface area contributed by atoms with E-state index in [2.05, 4.69) is 10.5 Å². The molecule has 1 heterocycles. The Morgan fingerprint density at radius 2 is 2.09 bits per heavy atom. The normalized spacial score (nSPS) is 12.4. The van der Waals surface area contributed by atoms with Crippen molar-refractivity contribution in [1.29, 1.82) is 0 Å². The van der Waals surface area contributed by atoms with Crippen molar-refractivity contribution < 1.29 is 22.8 Å². The zero-order chi connectivity index (χ0) is 16.1. The molecule has 1 atom stereocenters. The van der Waals surface area contributed by atoms with E-state index in [0.717, 1.165) is 17.9 Å². The predicted octanol–water partition coefficient (Wildman–Crippen LogP) is 3.24. The lowest BCUT2D eigenvalue weighted by Crippen LogP contribution is -2.26. The number of hydrogen-bond acceptors (Lipinski definition) is 4. The molecule has 1 aromatic heterocycles. The maximum Gasteiger partial charge on any atom is 0.267 e. The van der Waals surface area contributed by atoms with Gasteiger partial charge >= 0.3 is 0 Å². The summed E-state index contributed by atoms with van der Waals surface area (Å²) in [4.78, 5) is 16.8. The Kier molecular flexibility index (Phi) is 4.88. The van der Waals surface area contributed by atoms with Crippen LogP contribution in [0.2, 0.25) is 0 Å². The maximum absolute atomic E-state index is 13.0. The van der Waals surface area contributed by atoms with E-state index in [1.807, 2.05) is 0 Å². The van der Waals surface area contributed by atoms with Crippen LogP contribution in [0.3, 0.4) is 0 Å². The molecule has 2 rings (SSSR count). The number of amides is 1. The molecule has 22 heavy (non-hydrogen) atoms. The summed E-state index contributed by atoms with van der Waals surface area (Å²) >= 11 is 0. The van der Waals surface area contributed by atoms with Gasteiger partial charge in [0.15, 0.2) is 11.6 Å². The lowest BCUT2D eigenvalue weighted by Gasteiger charge is -2.10. The monoisotopic (exact) mass is 308 g/mol. The highest BCUT2D eigenvalue weighted by Crippen LogP contribution is 2.13. The second-order valence-corrected chi connectivity index (χ2v) is 4.55. The summed E-state index contributed by atoms with van der Waals surface area (Å²) < 4.78 is 31.1. The van der Waals surface area contributed by atoms with Crippen LogP contribution in [0, 0.1) is 18.6 Å². The number of nitrogens with zero attached hydrogens (tertiary/aromatic N) is 1. The largest absolute Gasteiger partial charge is 0.460 e. The molecule has 1 amide bonds. The van der Waals surface area contributed by atoms with E-state index in [1.54, 1.807) is 19.1 Å². The molecule has 0 fully saturated rings. The van der Waals surface area contributed by atoms with E-state index in [9.17, 15) is 13.6 Å². The Morgan fingerprint density at radius 1 is 1.32 bits per heavy atom. The molecule has 5 nitrogen and oxygen atoms in total. The van der Waals surface area contributed by atoms with Crippen molar-refractivity contribution in [3.05, 3.63) is 53.5 Å². The van der Waals surface area contributed by atoms with Gasteiger partial charge in [0, 0.05) is 11.8 Å². The molecular formula is C15H14F2N2O3. The molecule has 7 heteroatoms. The van der Waals surface area contributed by atoms with Gasteiger partial charge in [-0.25, -0.2) is 8.78 Å². The second-order valence-electron chi connectivity index (χ2n) is 4.55. The van der Waals surface area contributed by atoms with Gasteiger partial charge in [-0.05, 0) is 38.1 Å². The van der Waals surface area contributed by atoms with Crippen molar-refractivity contribution in [2.45, 2.75) is 20.0 Å². The zero-order valence-corrected chi connectivity index (χ0v) is 12.0. The minimum absolute atomic E-state index is 0.130. The Bertz CT molecular complexity index is 698. The highest BCUT2D eigenvalue weighted by atomic mass is 19.2. The number of benzene rings is 1. The van der Waals surface area contributed by atoms with Crippen molar-refractivity contribution in [3.8, 4) is 0 Å². The topological polar surface area (TPSA) is 63.8 Å². The average molecular weight is 308 g/mol. The first-order valence-corrected chi connectivity index (χ1v) is 6.47. The van der Waals surface area contributed by atoms with Gasteiger partial charge in [0.1, 0.15) is 17.7 Å². The fourth-order valence-corrected chi connectivity index (χ4v) is 1.56. The Hall–Kier alpha value is -2.70. The molecule has 0 aliphatic rings. The van der Waals surface area contributed by atoms with Gasteiger partial charge < -0.3 is 14.6 Å². The molecule has 0 aliphatic carbocycles. The van der Waals surface area contributed by atoms with Crippen molar-refractivity contribution in [1.82, 2.24) is 0 Å². The van der Waals surface area contributed by atoms with E-state index >= 15 is 0 Å². The summed E-state index contributed by atoms with van der Waals surface area (Å²) in [5, 5.41) is 6.03. The van der Waals surface area contributed by atoms with Crippen LogP contribution >= 0.6 is 0 Å². The Balaban J connectivity index is 1.88. The van der Waals surface area contributed by atoms with Gasteiger partial charge in [0.2, 0.25) is 6.10 Å². The number of rotatable bonds is 5. The number of furan rings is 1. The first-order chi connectivity index (χ1) is 10.5. The number of carbonyl (C=O) groups excluding carboxylic acids is 1. The zero-order valence-electron chi connectivity index (χ0n) is 12.0. The third-order valence-corrected chi connectivity index (χ3v) is 2.72. The molecule has 0 saturated heterocycles. The first kappa shape index (κ1) is 15.7. The van der Waals surface area contributed by atoms with Crippen LogP contribution in [0.1, 0.15) is 18.4 Å². The van der Waals surface area contributed by atoms with Crippen LogP contribution in [0.25, 0.3) is 0 Å². The quantitative estimate of drug-likeness (QED) is 0.681. The lowest BCUT2D eigenvalue weighted by atomic mass is 10.3. The molecule has 0 radical (unpaired) electrons. The minimum atomic E-state index is -1.04. The van der Waals surface area contributed by atoms with Crippen LogP contribution in [0.5, 0.6) is 0 Å². The summed E-state index contributed by atoms with van der Waals surface area (Å²) in [6.45, 7) is 3.26. The average Bonchev–Trinajstić information content (AvgIpc) is 2.88. The van der Waals surface area contributed by atoms with Gasteiger partial charge in [0.05, 0.1) is 0 Å².